The Balaban J connectivity index is 2.06. The summed E-state index contributed by atoms with van der Waals surface area (Å²) in [5.74, 6) is 0.318. The number of carbonyl (C=O) groups excluding carboxylic acids is 1. The molecule has 0 amide bonds. The van der Waals surface area contributed by atoms with Gasteiger partial charge in [0.05, 0.1) is 0 Å². The molecule has 0 atom stereocenters. The fourth-order valence-electron chi connectivity index (χ4n) is 2.35. The van der Waals surface area contributed by atoms with Gasteiger partial charge in [-0.25, -0.2) is 9.97 Å². The maximum absolute atomic E-state index is 12.6. The molecule has 2 rings (SSSR count). The van der Waals surface area contributed by atoms with Gasteiger partial charge in [0.15, 0.2) is 0 Å². The molecule has 0 aliphatic carbocycles. The number of hydrogen-bond acceptors (Lipinski definition) is 4. The minimum atomic E-state index is -4.46. The molecule has 0 radical (unpaired) electrons. The van der Waals surface area contributed by atoms with Crippen molar-refractivity contribution < 1.29 is 18.0 Å². The summed E-state index contributed by atoms with van der Waals surface area (Å²) in [6.07, 6.45) is -1.55. The minimum Gasteiger partial charge on any atom is -0.341 e. The van der Waals surface area contributed by atoms with Crippen LogP contribution < -0.4 is 4.90 Å². The second-order valence-electron chi connectivity index (χ2n) is 4.82. The Hall–Kier alpha value is -1.66. The zero-order chi connectivity index (χ0) is 14.8. The van der Waals surface area contributed by atoms with E-state index in [-0.39, 0.29) is 17.6 Å². The van der Waals surface area contributed by atoms with E-state index in [0.717, 1.165) is 12.3 Å². The fourth-order valence-corrected chi connectivity index (χ4v) is 2.35. The summed E-state index contributed by atoms with van der Waals surface area (Å²) in [5.41, 5.74) is -0.936. The van der Waals surface area contributed by atoms with Crippen LogP contribution in [0.2, 0.25) is 0 Å². The molecule has 1 aliphatic heterocycles. The van der Waals surface area contributed by atoms with Crippen LogP contribution in [-0.4, -0.2) is 28.8 Å². The smallest absolute Gasteiger partial charge is 0.341 e. The lowest BCUT2D eigenvalue weighted by molar-refractivity contribution is -0.141. The van der Waals surface area contributed by atoms with Crippen LogP contribution in [0.15, 0.2) is 12.3 Å². The highest BCUT2D eigenvalue weighted by molar-refractivity contribution is 5.80. The maximum atomic E-state index is 12.6. The van der Waals surface area contributed by atoms with Crippen molar-refractivity contribution in [1.29, 1.82) is 0 Å². The fraction of sp³-hybridized carbons (Fsp3) is 0.615. The number of rotatable bonds is 3. The van der Waals surface area contributed by atoms with E-state index in [1.165, 1.54) is 0 Å². The molecular formula is C13H16F3N3O. The number of halogens is 3. The van der Waals surface area contributed by atoms with E-state index in [2.05, 4.69) is 9.97 Å². The van der Waals surface area contributed by atoms with E-state index in [0.29, 0.717) is 32.4 Å². The highest BCUT2D eigenvalue weighted by Gasteiger charge is 2.33. The molecule has 0 bridgehead atoms. The van der Waals surface area contributed by atoms with Gasteiger partial charge in [0, 0.05) is 31.6 Å². The van der Waals surface area contributed by atoms with Gasteiger partial charge >= 0.3 is 6.18 Å². The van der Waals surface area contributed by atoms with E-state index in [9.17, 15) is 18.0 Å². The van der Waals surface area contributed by atoms with Gasteiger partial charge in [0.1, 0.15) is 11.5 Å². The zero-order valence-corrected chi connectivity index (χ0v) is 11.2. The third-order valence-corrected chi connectivity index (χ3v) is 3.51. The molecule has 7 heteroatoms. The molecule has 0 unspecified atom stereocenters. The first-order valence-corrected chi connectivity index (χ1v) is 6.59. The predicted molar refractivity (Wildman–Crippen MR) is 67.3 cm³/mol. The molecule has 0 N–H and O–H groups in total. The van der Waals surface area contributed by atoms with Crippen LogP contribution in [0.3, 0.4) is 0 Å². The van der Waals surface area contributed by atoms with Crippen molar-refractivity contribution in [3.8, 4) is 0 Å². The van der Waals surface area contributed by atoms with E-state index in [1.807, 2.05) is 6.92 Å². The number of hydrogen-bond donors (Lipinski definition) is 0. The first-order chi connectivity index (χ1) is 9.41. The standard InChI is InChI=1S/C13H16F3N3O/c1-2-10(20)9-4-7-19(8-5-9)12-17-6-3-11(18-12)13(14,15)16/h3,6,9H,2,4-5,7-8H2,1H3. The Morgan fingerprint density at radius 1 is 1.40 bits per heavy atom. The number of Topliss-reactive ketones (excluding diaryl/α,β-unsaturated/α-hetero) is 1. The number of nitrogens with zero attached hydrogens (tertiary/aromatic N) is 3. The lowest BCUT2D eigenvalue weighted by Crippen LogP contribution is -2.37. The second kappa shape index (κ2) is 5.76. The summed E-state index contributed by atoms with van der Waals surface area (Å²) in [5, 5.41) is 0. The monoisotopic (exact) mass is 287 g/mol. The van der Waals surface area contributed by atoms with Crippen molar-refractivity contribution in [3.63, 3.8) is 0 Å². The molecule has 0 saturated carbocycles. The molecule has 1 aliphatic rings. The Morgan fingerprint density at radius 2 is 2.05 bits per heavy atom. The molecule has 4 nitrogen and oxygen atoms in total. The number of piperidine rings is 1. The third kappa shape index (κ3) is 3.26. The quantitative estimate of drug-likeness (QED) is 0.857. The van der Waals surface area contributed by atoms with Gasteiger partial charge in [0.25, 0.3) is 0 Å². The first-order valence-electron chi connectivity index (χ1n) is 6.59. The Morgan fingerprint density at radius 3 is 2.60 bits per heavy atom. The molecule has 20 heavy (non-hydrogen) atoms. The van der Waals surface area contributed by atoms with Crippen molar-refractivity contribution in [3.05, 3.63) is 18.0 Å². The summed E-state index contributed by atoms with van der Waals surface area (Å²) < 4.78 is 37.8. The first kappa shape index (κ1) is 14.7. The van der Waals surface area contributed by atoms with Gasteiger partial charge in [-0.05, 0) is 18.9 Å². The summed E-state index contributed by atoms with van der Waals surface area (Å²) in [6, 6.07) is 0.858. The normalized spacial score (nSPS) is 17.3. The number of alkyl halides is 3. The minimum absolute atomic E-state index is 0.0158. The van der Waals surface area contributed by atoms with Crippen LogP contribution in [0, 0.1) is 5.92 Å². The van der Waals surface area contributed by atoms with E-state index in [1.54, 1.807) is 4.90 Å². The van der Waals surface area contributed by atoms with Crippen LogP contribution in [0.5, 0.6) is 0 Å². The SMILES string of the molecule is CCC(=O)C1CCN(c2nccc(C(F)(F)F)n2)CC1. The summed E-state index contributed by atoms with van der Waals surface area (Å²) in [6.45, 7) is 2.85. The molecule has 2 heterocycles. The lowest BCUT2D eigenvalue weighted by Gasteiger charge is -2.31. The number of carbonyl (C=O) groups is 1. The van der Waals surface area contributed by atoms with Crippen molar-refractivity contribution in [1.82, 2.24) is 9.97 Å². The second-order valence-corrected chi connectivity index (χ2v) is 4.82. The van der Waals surface area contributed by atoms with E-state index >= 15 is 0 Å². The van der Waals surface area contributed by atoms with Gasteiger partial charge in [-0.3, -0.25) is 4.79 Å². The molecule has 0 spiro atoms. The van der Waals surface area contributed by atoms with Crippen molar-refractivity contribution in [2.24, 2.45) is 5.92 Å². The topological polar surface area (TPSA) is 46.1 Å². The van der Waals surface area contributed by atoms with E-state index in [4.69, 9.17) is 0 Å². The third-order valence-electron chi connectivity index (χ3n) is 3.51. The number of ketones is 1. The predicted octanol–water partition coefficient (Wildman–Crippen LogP) is 2.69. The van der Waals surface area contributed by atoms with Gasteiger partial charge in [-0.1, -0.05) is 6.92 Å². The van der Waals surface area contributed by atoms with Crippen molar-refractivity contribution in [2.45, 2.75) is 32.4 Å². The molecule has 1 aromatic heterocycles. The largest absolute Gasteiger partial charge is 0.433 e. The van der Waals surface area contributed by atoms with Gasteiger partial charge < -0.3 is 4.90 Å². The highest BCUT2D eigenvalue weighted by atomic mass is 19.4. The van der Waals surface area contributed by atoms with Crippen LogP contribution in [0.25, 0.3) is 0 Å². The summed E-state index contributed by atoms with van der Waals surface area (Å²) in [4.78, 5) is 20.8. The van der Waals surface area contributed by atoms with E-state index < -0.39 is 11.9 Å². The Bertz CT molecular complexity index is 482. The highest BCUT2D eigenvalue weighted by Crippen LogP contribution is 2.29. The maximum Gasteiger partial charge on any atom is 0.433 e. The van der Waals surface area contributed by atoms with Crippen LogP contribution in [-0.2, 0) is 11.0 Å². The Labute approximate surface area is 115 Å². The Kier molecular flexibility index (Phi) is 4.25. The van der Waals surface area contributed by atoms with Gasteiger partial charge in [-0.2, -0.15) is 13.2 Å². The van der Waals surface area contributed by atoms with Crippen molar-refractivity contribution in [2.75, 3.05) is 18.0 Å². The molecular weight excluding hydrogens is 271 g/mol. The lowest BCUT2D eigenvalue weighted by atomic mass is 9.91. The number of aromatic nitrogens is 2. The summed E-state index contributed by atoms with van der Waals surface area (Å²) in [7, 11) is 0. The number of anilines is 1. The molecule has 0 aromatic carbocycles. The van der Waals surface area contributed by atoms with Crippen LogP contribution in [0.4, 0.5) is 19.1 Å². The van der Waals surface area contributed by atoms with Gasteiger partial charge in [-0.15, -0.1) is 0 Å². The summed E-state index contributed by atoms with van der Waals surface area (Å²) >= 11 is 0. The average Bonchev–Trinajstić information content (AvgIpc) is 2.46. The van der Waals surface area contributed by atoms with Crippen LogP contribution in [0.1, 0.15) is 31.9 Å². The van der Waals surface area contributed by atoms with Gasteiger partial charge in [0.2, 0.25) is 5.95 Å². The molecule has 1 fully saturated rings. The molecule has 110 valence electrons. The molecule has 1 aromatic rings. The zero-order valence-electron chi connectivity index (χ0n) is 11.2. The van der Waals surface area contributed by atoms with Crippen LogP contribution >= 0.6 is 0 Å². The molecule has 1 saturated heterocycles. The average molecular weight is 287 g/mol. The van der Waals surface area contributed by atoms with Crippen molar-refractivity contribution >= 4 is 11.7 Å².